The zero-order valence-electron chi connectivity index (χ0n) is 5.53. The summed E-state index contributed by atoms with van der Waals surface area (Å²) in [7, 11) is 0. The third kappa shape index (κ3) is 46.6. The molecular formula is C4H9O4Rb. The van der Waals surface area contributed by atoms with E-state index in [2.05, 4.69) is 0 Å². The average molecular weight is 207 g/mol. The van der Waals surface area contributed by atoms with Crippen LogP contribution in [0.25, 0.3) is 0 Å². The van der Waals surface area contributed by atoms with Crippen molar-refractivity contribution in [3.63, 3.8) is 0 Å². The standard InChI is InChI=1S/C3H6O2.CH3O2.Rb/c1-2-3(4)5;2-1-3;/h2H2,1H3,(H,4,5);1-3H;/q;-1;+1. The van der Waals surface area contributed by atoms with Crippen LogP contribution < -0.4 is 58.2 Å². The largest absolute Gasteiger partial charge is 1.00 e. The number of carboxylic acids is 1. The minimum Gasteiger partial charge on any atom is -0.539 e. The van der Waals surface area contributed by atoms with Crippen molar-refractivity contribution < 1.29 is 78.3 Å². The van der Waals surface area contributed by atoms with Gasteiger partial charge in [-0.25, -0.2) is 0 Å². The first-order valence-corrected chi connectivity index (χ1v) is 2.00. The van der Waals surface area contributed by atoms with Crippen molar-refractivity contribution in [2.75, 3.05) is 0 Å². The smallest absolute Gasteiger partial charge is 0.539 e. The van der Waals surface area contributed by atoms with Crippen molar-refractivity contribution in [1.29, 1.82) is 0 Å². The van der Waals surface area contributed by atoms with Crippen LogP contribution in [0.2, 0.25) is 0 Å². The number of carboxylic acid groups (broad SMARTS) is 1. The van der Waals surface area contributed by atoms with E-state index in [0.717, 1.165) is 0 Å². The van der Waals surface area contributed by atoms with Gasteiger partial charge >= 0.3 is 64.2 Å². The topological polar surface area (TPSA) is 77.8 Å². The molecule has 0 bridgehead atoms. The molecule has 0 amide bonds. The Kier molecular flexibility index (Phi) is 29.8. The van der Waals surface area contributed by atoms with Gasteiger partial charge in [0.05, 0.1) is 0 Å². The second-order valence-electron chi connectivity index (χ2n) is 0.863. The number of hydrogen-bond acceptors (Lipinski definition) is 3. The van der Waals surface area contributed by atoms with Gasteiger partial charge in [-0.05, 0) is 0 Å². The molecule has 0 unspecified atom stereocenters. The molecule has 0 aromatic heterocycles. The maximum atomic E-state index is 9.37. The number of aliphatic hydroxyl groups is 2. The molecule has 0 spiro atoms. The Labute approximate surface area is 103 Å². The molecule has 0 atom stereocenters. The van der Waals surface area contributed by atoms with E-state index in [1.807, 2.05) is 0 Å². The second kappa shape index (κ2) is 16.1. The zero-order chi connectivity index (χ0) is 6.99. The van der Waals surface area contributed by atoms with Crippen molar-refractivity contribution in [3.8, 4) is 0 Å². The summed E-state index contributed by atoms with van der Waals surface area (Å²) in [6, 6.07) is 0. The molecule has 5 heteroatoms. The summed E-state index contributed by atoms with van der Waals surface area (Å²) in [6.07, 6.45) is 0.222. The van der Waals surface area contributed by atoms with E-state index in [4.69, 9.17) is 15.3 Å². The first-order chi connectivity index (χ1) is 3.68. The number of aliphatic hydroxyl groups excluding tert-OH is 1. The molecule has 4 nitrogen and oxygen atoms in total. The minimum atomic E-state index is -0.745. The third-order valence-electron chi connectivity index (χ3n) is 0.302. The van der Waals surface area contributed by atoms with Gasteiger partial charge in [-0.1, -0.05) is 6.92 Å². The molecule has 9 heavy (non-hydrogen) atoms. The predicted octanol–water partition coefficient (Wildman–Crippen LogP) is -2.66. The van der Waals surface area contributed by atoms with E-state index in [1.165, 1.54) is 0 Å². The molecule has 0 aliphatic rings. The normalized spacial score (nSPS) is 6.11. The molecular weight excluding hydrogens is 198 g/mol. The molecule has 0 saturated carbocycles. The van der Waals surface area contributed by atoms with Crippen LogP contribution in [0.1, 0.15) is 13.3 Å². The molecule has 0 heterocycles. The van der Waals surface area contributed by atoms with E-state index < -0.39 is 5.97 Å². The minimum absolute atomic E-state index is 0. The monoisotopic (exact) mass is 206 g/mol. The molecule has 0 aromatic rings. The fourth-order valence-electron chi connectivity index (χ4n) is 0. The summed E-state index contributed by atoms with van der Waals surface area (Å²) in [4.78, 5) is 9.37. The predicted molar refractivity (Wildman–Crippen MR) is 26.1 cm³/mol. The number of rotatable bonds is 1. The van der Waals surface area contributed by atoms with Crippen LogP contribution in [0.15, 0.2) is 0 Å². The number of carbonyl (C=O) groups is 1. The van der Waals surface area contributed by atoms with Gasteiger partial charge in [-0.15, -0.1) is 6.79 Å². The summed E-state index contributed by atoms with van der Waals surface area (Å²) in [6.45, 7) is 1.60. The van der Waals surface area contributed by atoms with Crippen molar-refractivity contribution >= 4 is 5.97 Å². The molecule has 50 valence electrons. The summed E-state index contributed by atoms with van der Waals surface area (Å²) in [5.74, 6) is -0.745. The number of aliphatic carboxylic acids is 1. The fraction of sp³-hybridized carbons (Fsp3) is 0.500. The summed E-state index contributed by atoms with van der Waals surface area (Å²) in [5.41, 5.74) is 0. The Bertz CT molecular complexity index is 56.5. The average Bonchev–Trinajstić information content (AvgIpc) is 1.69. The maximum absolute atomic E-state index is 9.37. The molecule has 0 aliphatic carbocycles. The van der Waals surface area contributed by atoms with Crippen molar-refractivity contribution in [2.24, 2.45) is 0 Å². The van der Waals surface area contributed by atoms with Crippen molar-refractivity contribution in [1.82, 2.24) is 0 Å². The van der Waals surface area contributed by atoms with Crippen LogP contribution in [0.3, 0.4) is 0 Å². The van der Waals surface area contributed by atoms with Gasteiger partial charge < -0.3 is 15.3 Å². The summed E-state index contributed by atoms with van der Waals surface area (Å²) >= 11 is 0. The van der Waals surface area contributed by atoms with E-state index in [1.54, 1.807) is 6.92 Å². The van der Waals surface area contributed by atoms with Crippen LogP contribution >= 0.6 is 0 Å². The van der Waals surface area contributed by atoms with Gasteiger partial charge in [-0.3, -0.25) is 4.79 Å². The molecule has 0 fully saturated rings. The molecule has 0 aromatic carbocycles. The van der Waals surface area contributed by atoms with Crippen LogP contribution in [-0.2, 0) is 4.79 Å². The van der Waals surface area contributed by atoms with E-state index in [-0.39, 0.29) is 71.4 Å². The van der Waals surface area contributed by atoms with Gasteiger partial charge in [0, 0.05) is 6.42 Å². The van der Waals surface area contributed by atoms with Crippen LogP contribution in [0, 0.1) is 6.79 Å². The second-order valence-corrected chi connectivity index (χ2v) is 0.863. The summed E-state index contributed by atoms with van der Waals surface area (Å²) < 4.78 is 0. The van der Waals surface area contributed by atoms with E-state index >= 15 is 0 Å². The Morgan fingerprint density at radius 3 is 1.67 bits per heavy atom. The zero-order valence-corrected chi connectivity index (χ0v) is 10.5. The van der Waals surface area contributed by atoms with Crippen LogP contribution in [0.4, 0.5) is 0 Å². The van der Waals surface area contributed by atoms with Gasteiger partial charge in [0.1, 0.15) is 0 Å². The quantitative estimate of drug-likeness (QED) is 0.409. The maximum Gasteiger partial charge on any atom is 1.00 e. The Hall–Kier alpha value is 1.20. The molecule has 3 N–H and O–H groups in total. The van der Waals surface area contributed by atoms with Crippen LogP contribution in [0.5, 0.6) is 0 Å². The van der Waals surface area contributed by atoms with Crippen molar-refractivity contribution in [2.45, 2.75) is 13.3 Å². The Balaban J connectivity index is -0.0000000800. The first-order valence-electron chi connectivity index (χ1n) is 2.00. The molecule has 0 aliphatic heterocycles. The third-order valence-corrected chi connectivity index (χ3v) is 0.302. The Morgan fingerprint density at radius 1 is 1.56 bits per heavy atom. The Morgan fingerprint density at radius 2 is 1.67 bits per heavy atom. The van der Waals surface area contributed by atoms with E-state index in [0.29, 0.717) is 0 Å². The first kappa shape index (κ1) is 16.7. The summed E-state index contributed by atoms with van der Waals surface area (Å²) in [5, 5.41) is 21.7. The van der Waals surface area contributed by atoms with Gasteiger partial charge in [0.15, 0.2) is 0 Å². The molecule has 0 radical (unpaired) electrons. The van der Waals surface area contributed by atoms with Crippen molar-refractivity contribution in [3.05, 3.63) is 6.79 Å². The van der Waals surface area contributed by atoms with Gasteiger partial charge in [-0.2, -0.15) is 0 Å². The van der Waals surface area contributed by atoms with E-state index in [9.17, 15) is 4.79 Å². The van der Waals surface area contributed by atoms with Crippen LogP contribution in [-0.4, -0.2) is 21.3 Å². The van der Waals surface area contributed by atoms with Gasteiger partial charge in [0.25, 0.3) is 0 Å². The van der Waals surface area contributed by atoms with Gasteiger partial charge in [0.2, 0.25) is 0 Å². The molecule has 0 rings (SSSR count). The SMILES string of the molecule is CCC(=O)O.O[CH-]O.[Rb+]. The fourth-order valence-corrected chi connectivity index (χ4v) is 0. The number of hydrogen-bond donors (Lipinski definition) is 3. The molecule has 0 saturated heterocycles.